The van der Waals surface area contributed by atoms with Crippen molar-refractivity contribution < 1.29 is 14.9 Å². The van der Waals surface area contributed by atoms with Crippen molar-refractivity contribution in [1.82, 2.24) is 10.3 Å². The van der Waals surface area contributed by atoms with E-state index in [1.165, 1.54) is 0 Å². The SMILES string of the molecule is C[C@H]1CC=C(c2ccc(-c3cc(O)cc(O[C@@H](C)CO)c3)[nH]2)N1. The fourth-order valence-corrected chi connectivity index (χ4v) is 2.66. The number of aromatic hydroxyl groups is 1. The zero-order valence-corrected chi connectivity index (χ0v) is 13.3. The molecule has 0 radical (unpaired) electrons. The fourth-order valence-electron chi connectivity index (χ4n) is 2.66. The first kappa shape index (κ1) is 15.5. The van der Waals surface area contributed by atoms with Gasteiger partial charge in [0.1, 0.15) is 17.6 Å². The fraction of sp³-hybridized carbons (Fsp3) is 0.333. The Morgan fingerprint density at radius 2 is 2.04 bits per heavy atom. The number of rotatable bonds is 5. The Balaban J connectivity index is 1.85. The van der Waals surface area contributed by atoms with Gasteiger partial charge in [-0.1, -0.05) is 6.08 Å². The second-order valence-electron chi connectivity index (χ2n) is 6.01. The third-order valence-electron chi connectivity index (χ3n) is 3.85. The largest absolute Gasteiger partial charge is 0.508 e. The van der Waals surface area contributed by atoms with E-state index in [9.17, 15) is 5.11 Å². The van der Waals surface area contributed by atoms with E-state index in [-0.39, 0.29) is 18.5 Å². The number of benzene rings is 1. The molecule has 0 aliphatic carbocycles. The van der Waals surface area contributed by atoms with Crippen molar-refractivity contribution in [3.05, 3.63) is 42.1 Å². The van der Waals surface area contributed by atoms with Crippen LogP contribution in [0.4, 0.5) is 0 Å². The third-order valence-corrected chi connectivity index (χ3v) is 3.85. The molecule has 1 aliphatic rings. The summed E-state index contributed by atoms with van der Waals surface area (Å²) in [5.74, 6) is 0.662. The molecule has 0 unspecified atom stereocenters. The van der Waals surface area contributed by atoms with Crippen LogP contribution in [0.5, 0.6) is 11.5 Å². The van der Waals surface area contributed by atoms with Gasteiger partial charge in [-0.05, 0) is 44.5 Å². The van der Waals surface area contributed by atoms with Gasteiger partial charge < -0.3 is 25.3 Å². The number of hydrogen-bond acceptors (Lipinski definition) is 4. The summed E-state index contributed by atoms with van der Waals surface area (Å²) >= 11 is 0. The summed E-state index contributed by atoms with van der Waals surface area (Å²) < 4.78 is 5.58. The zero-order chi connectivity index (χ0) is 16.4. The molecule has 2 heterocycles. The summed E-state index contributed by atoms with van der Waals surface area (Å²) in [5.41, 5.74) is 3.87. The van der Waals surface area contributed by atoms with E-state index in [0.717, 1.165) is 29.1 Å². The number of aliphatic hydroxyl groups excluding tert-OH is 1. The molecule has 1 aromatic carbocycles. The number of nitrogens with one attached hydrogen (secondary N) is 2. The van der Waals surface area contributed by atoms with Crippen LogP contribution in [0, 0.1) is 0 Å². The Kier molecular flexibility index (Phi) is 4.30. The highest BCUT2D eigenvalue weighted by molar-refractivity contribution is 5.70. The van der Waals surface area contributed by atoms with E-state index in [2.05, 4.69) is 23.3 Å². The molecule has 0 fully saturated rings. The lowest BCUT2D eigenvalue weighted by Crippen LogP contribution is -2.17. The molecule has 5 nitrogen and oxygen atoms in total. The van der Waals surface area contributed by atoms with Gasteiger partial charge in [-0.2, -0.15) is 0 Å². The Morgan fingerprint density at radius 1 is 1.26 bits per heavy atom. The van der Waals surface area contributed by atoms with Crippen LogP contribution in [0.1, 0.15) is 26.0 Å². The van der Waals surface area contributed by atoms with Gasteiger partial charge in [-0.15, -0.1) is 0 Å². The Bertz CT molecular complexity index is 721. The second-order valence-corrected chi connectivity index (χ2v) is 6.01. The summed E-state index contributed by atoms with van der Waals surface area (Å²) in [5, 5.41) is 22.4. The minimum atomic E-state index is -0.321. The van der Waals surface area contributed by atoms with Gasteiger partial charge in [-0.3, -0.25) is 0 Å². The van der Waals surface area contributed by atoms with Crippen LogP contribution < -0.4 is 10.1 Å². The Hall–Kier alpha value is -2.40. The van der Waals surface area contributed by atoms with Gasteiger partial charge in [0.25, 0.3) is 0 Å². The first-order valence-corrected chi connectivity index (χ1v) is 7.83. The van der Waals surface area contributed by atoms with Crippen LogP contribution in [-0.4, -0.2) is 33.9 Å². The van der Waals surface area contributed by atoms with Crippen molar-refractivity contribution in [2.45, 2.75) is 32.4 Å². The normalized spacial score (nSPS) is 18.4. The smallest absolute Gasteiger partial charge is 0.124 e. The molecule has 0 spiro atoms. The molecule has 3 rings (SSSR count). The molecule has 0 bridgehead atoms. The van der Waals surface area contributed by atoms with Crippen molar-refractivity contribution >= 4 is 5.70 Å². The minimum absolute atomic E-state index is 0.0738. The van der Waals surface area contributed by atoms with E-state index >= 15 is 0 Å². The summed E-state index contributed by atoms with van der Waals surface area (Å²) in [6.45, 7) is 3.85. The molecule has 4 N–H and O–H groups in total. The maximum absolute atomic E-state index is 9.91. The second kappa shape index (κ2) is 6.38. The number of phenols is 1. The topological polar surface area (TPSA) is 77.5 Å². The molecule has 122 valence electrons. The molecule has 0 amide bonds. The minimum Gasteiger partial charge on any atom is -0.508 e. The van der Waals surface area contributed by atoms with Crippen molar-refractivity contribution in [3.63, 3.8) is 0 Å². The molecule has 2 aromatic rings. The molecule has 2 atom stereocenters. The maximum atomic E-state index is 9.91. The molecule has 1 aromatic heterocycles. The molecule has 0 saturated heterocycles. The lowest BCUT2D eigenvalue weighted by atomic mass is 10.1. The lowest BCUT2D eigenvalue weighted by Gasteiger charge is -2.13. The standard InChI is InChI=1S/C18H22N2O3/c1-11-3-4-17(19-11)18-6-5-16(20-18)13-7-14(22)9-15(8-13)23-12(2)10-21/h4-9,11-12,19-22H,3,10H2,1-2H3/t11-,12-/m0/s1. The first-order chi connectivity index (χ1) is 11.0. The van der Waals surface area contributed by atoms with E-state index < -0.39 is 0 Å². The van der Waals surface area contributed by atoms with Gasteiger partial charge in [0.15, 0.2) is 0 Å². The van der Waals surface area contributed by atoms with Crippen LogP contribution in [0.2, 0.25) is 0 Å². The molecular formula is C18H22N2O3. The van der Waals surface area contributed by atoms with Crippen LogP contribution >= 0.6 is 0 Å². The summed E-state index contributed by atoms with van der Waals surface area (Å²) in [6.07, 6.45) is 2.88. The van der Waals surface area contributed by atoms with Crippen molar-refractivity contribution in [2.75, 3.05) is 6.61 Å². The number of aromatic amines is 1. The number of phenolic OH excluding ortho intramolecular Hbond substituents is 1. The maximum Gasteiger partial charge on any atom is 0.124 e. The van der Waals surface area contributed by atoms with Crippen molar-refractivity contribution in [1.29, 1.82) is 0 Å². The monoisotopic (exact) mass is 314 g/mol. The zero-order valence-electron chi connectivity index (χ0n) is 13.3. The highest BCUT2D eigenvalue weighted by Gasteiger charge is 2.15. The molecule has 23 heavy (non-hydrogen) atoms. The summed E-state index contributed by atoms with van der Waals surface area (Å²) in [4.78, 5) is 3.37. The van der Waals surface area contributed by atoms with Crippen molar-refractivity contribution in [3.8, 4) is 22.8 Å². The van der Waals surface area contributed by atoms with E-state index in [1.807, 2.05) is 18.2 Å². The van der Waals surface area contributed by atoms with Crippen LogP contribution in [0.25, 0.3) is 17.0 Å². The van der Waals surface area contributed by atoms with E-state index in [0.29, 0.717) is 11.8 Å². The van der Waals surface area contributed by atoms with Crippen molar-refractivity contribution in [2.24, 2.45) is 0 Å². The number of aliphatic hydroxyl groups is 1. The van der Waals surface area contributed by atoms with Gasteiger partial charge >= 0.3 is 0 Å². The molecular weight excluding hydrogens is 292 g/mol. The number of aromatic nitrogens is 1. The predicted molar refractivity (Wildman–Crippen MR) is 90.3 cm³/mol. The van der Waals surface area contributed by atoms with Gasteiger partial charge in [0.05, 0.1) is 18.0 Å². The number of ether oxygens (including phenoxy) is 1. The van der Waals surface area contributed by atoms with Gasteiger partial charge in [0.2, 0.25) is 0 Å². The van der Waals surface area contributed by atoms with Gasteiger partial charge in [-0.25, -0.2) is 0 Å². The van der Waals surface area contributed by atoms with Crippen LogP contribution in [0.3, 0.4) is 0 Å². The molecule has 5 heteroatoms. The van der Waals surface area contributed by atoms with Gasteiger partial charge in [0, 0.05) is 23.4 Å². The van der Waals surface area contributed by atoms with Crippen LogP contribution in [-0.2, 0) is 0 Å². The average molecular weight is 314 g/mol. The lowest BCUT2D eigenvalue weighted by molar-refractivity contribution is 0.129. The Morgan fingerprint density at radius 3 is 2.74 bits per heavy atom. The first-order valence-electron chi connectivity index (χ1n) is 7.83. The highest BCUT2D eigenvalue weighted by atomic mass is 16.5. The van der Waals surface area contributed by atoms with E-state index in [1.54, 1.807) is 19.1 Å². The molecule has 0 saturated carbocycles. The van der Waals surface area contributed by atoms with E-state index in [4.69, 9.17) is 9.84 Å². The summed E-state index contributed by atoms with van der Waals surface area (Å²) in [7, 11) is 0. The van der Waals surface area contributed by atoms with Crippen LogP contribution in [0.15, 0.2) is 36.4 Å². The number of H-pyrrole nitrogens is 1. The summed E-state index contributed by atoms with van der Waals surface area (Å²) in [6, 6.07) is 9.54. The Labute approximate surface area is 135 Å². The quantitative estimate of drug-likeness (QED) is 0.684. The number of hydrogen-bond donors (Lipinski definition) is 4. The molecule has 1 aliphatic heterocycles. The third kappa shape index (κ3) is 3.51. The highest BCUT2D eigenvalue weighted by Crippen LogP contribution is 2.30. The average Bonchev–Trinajstić information content (AvgIpc) is 3.15. The predicted octanol–water partition coefficient (Wildman–Crippen LogP) is 2.87.